The number of methoxy groups -OCH3 is 3. The number of halogens is 1. The number of rotatable bonds is 18. The number of hydrogen-bond acceptors (Lipinski definition) is 10. The Hall–Kier alpha value is -5.04. The molecular weight excluding hydrogens is 632 g/mol. The van der Waals surface area contributed by atoms with Crippen LogP contribution in [0.15, 0.2) is 78.9 Å². The fraction of sp³-hybridized carbons (Fsp3) is 0.265. The topological polar surface area (TPSA) is 137 Å². The highest BCUT2D eigenvalue weighted by atomic mass is 35.5. The van der Waals surface area contributed by atoms with Gasteiger partial charge in [0.1, 0.15) is 24.7 Å². The number of amides is 1. The first kappa shape index (κ1) is 34.8. The van der Waals surface area contributed by atoms with Gasteiger partial charge in [0.25, 0.3) is 5.91 Å². The van der Waals surface area contributed by atoms with Crippen LogP contribution in [0, 0.1) is 10.1 Å². The Morgan fingerprint density at radius 2 is 1.36 bits per heavy atom. The quantitative estimate of drug-likeness (QED) is 0.0726. The van der Waals surface area contributed by atoms with Gasteiger partial charge in [-0.25, -0.2) is 0 Å². The van der Waals surface area contributed by atoms with E-state index in [1.165, 1.54) is 33.5 Å². The van der Waals surface area contributed by atoms with Gasteiger partial charge in [0.2, 0.25) is 5.75 Å². The van der Waals surface area contributed by atoms with Crippen molar-refractivity contribution in [3.63, 3.8) is 0 Å². The van der Waals surface area contributed by atoms with Crippen LogP contribution >= 0.6 is 11.6 Å². The third-order valence-electron chi connectivity index (χ3n) is 6.74. The van der Waals surface area contributed by atoms with Crippen LogP contribution in [-0.4, -0.2) is 52.3 Å². The van der Waals surface area contributed by atoms with Crippen molar-refractivity contribution in [3.8, 4) is 28.7 Å². The van der Waals surface area contributed by atoms with Crippen molar-refractivity contribution in [1.82, 2.24) is 5.32 Å². The third-order valence-corrected chi connectivity index (χ3v) is 7.04. The Morgan fingerprint density at radius 3 is 1.94 bits per heavy atom. The van der Waals surface area contributed by atoms with E-state index < -0.39 is 10.8 Å². The Bertz CT molecular complexity index is 1640. The first-order valence-corrected chi connectivity index (χ1v) is 14.8. The fourth-order valence-corrected chi connectivity index (χ4v) is 4.78. The molecule has 0 saturated carbocycles. The molecule has 0 aromatic heterocycles. The standard InChI is InChI=1S/C34H35ClN2O10/c1-41-21-46-31-17-28(37(39)40)32(47-22-42-2)25(33(31)43-3)14-15-36-34(38)26-16-27(35)30(45-20-24-12-8-5-9-13-24)18-29(26)44-19-23-10-6-4-7-11-23/h4-13,16-18H,14-15,19-22H2,1-3H3,(H,36,38). The number of hydrogen-bond donors (Lipinski definition) is 1. The molecule has 4 aromatic rings. The van der Waals surface area contributed by atoms with Gasteiger partial charge >= 0.3 is 5.69 Å². The largest absolute Gasteiger partial charge is 0.492 e. The molecule has 0 spiro atoms. The van der Waals surface area contributed by atoms with Gasteiger partial charge in [-0.15, -0.1) is 0 Å². The molecule has 0 radical (unpaired) electrons. The Kier molecular flexibility index (Phi) is 13.0. The summed E-state index contributed by atoms with van der Waals surface area (Å²) in [6.45, 7) is 0.0287. The van der Waals surface area contributed by atoms with E-state index in [4.69, 9.17) is 44.8 Å². The van der Waals surface area contributed by atoms with Crippen molar-refractivity contribution in [2.75, 3.05) is 41.5 Å². The zero-order valence-electron chi connectivity index (χ0n) is 26.2. The minimum atomic E-state index is -0.605. The number of carbonyl (C=O) groups is 1. The SMILES string of the molecule is COCOc1cc([N+](=O)[O-])c(OCOC)c(CCNC(=O)c2cc(Cl)c(OCc3ccccc3)cc2OCc2ccccc2)c1OC. The summed E-state index contributed by atoms with van der Waals surface area (Å²) in [6.07, 6.45) is 0.0607. The average molecular weight is 667 g/mol. The summed E-state index contributed by atoms with van der Waals surface area (Å²) in [5.74, 6) is 0.280. The van der Waals surface area contributed by atoms with Gasteiger partial charge in [0.15, 0.2) is 25.1 Å². The summed E-state index contributed by atoms with van der Waals surface area (Å²) in [7, 11) is 4.20. The van der Waals surface area contributed by atoms with Crippen molar-refractivity contribution in [2.24, 2.45) is 0 Å². The molecule has 0 atom stereocenters. The summed E-state index contributed by atoms with van der Waals surface area (Å²) in [6, 6.07) is 23.3. The molecule has 0 saturated heterocycles. The van der Waals surface area contributed by atoms with Crippen LogP contribution in [0.2, 0.25) is 5.02 Å². The monoisotopic (exact) mass is 666 g/mol. The van der Waals surface area contributed by atoms with Crippen molar-refractivity contribution in [2.45, 2.75) is 19.6 Å². The van der Waals surface area contributed by atoms with Gasteiger partial charge in [0, 0.05) is 32.4 Å². The van der Waals surface area contributed by atoms with E-state index in [0.717, 1.165) is 11.1 Å². The molecule has 47 heavy (non-hydrogen) atoms. The van der Waals surface area contributed by atoms with Crippen molar-refractivity contribution >= 4 is 23.2 Å². The minimum absolute atomic E-state index is 0.0193. The molecule has 0 aliphatic carbocycles. The van der Waals surface area contributed by atoms with Gasteiger partial charge in [0.05, 0.1) is 28.7 Å². The second kappa shape index (κ2) is 17.6. The lowest BCUT2D eigenvalue weighted by Gasteiger charge is -2.19. The predicted octanol–water partition coefficient (Wildman–Crippen LogP) is 6.35. The zero-order valence-corrected chi connectivity index (χ0v) is 26.9. The molecule has 0 aliphatic rings. The number of nitrogens with one attached hydrogen (secondary N) is 1. The second-order valence-electron chi connectivity index (χ2n) is 9.93. The normalized spacial score (nSPS) is 10.6. The molecule has 248 valence electrons. The first-order chi connectivity index (χ1) is 22.9. The highest BCUT2D eigenvalue weighted by Gasteiger charge is 2.28. The fourth-order valence-electron chi connectivity index (χ4n) is 4.57. The summed E-state index contributed by atoms with van der Waals surface area (Å²) in [5.41, 5.74) is 1.92. The third kappa shape index (κ3) is 9.49. The lowest BCUT2D eigenvalue weighted by atomic mass is 10.1. The molecule has 12 nitrogen and oxygen atoms in total. The molecule has 0 unspecified atom stereocenters. The van der Waals surface area contributed by atoms with Crippen LogP contribution in [0.4, 0.5) is 5.69 Å². The highest BCUT2D eigenvalue weighted by molar-refractivity contribution is 6.32. The van der Waals surface area contributed by atoms with E-state index >= 15 is 0 Å². The van der Waals surface area contributed by atoms with Crippen molar-refractivity contribution in [3.05, 3.63) is 116 Å². The summed E-state index contributed by atoms with van der Waals surface area (Å²) in [4.78, 5) is 24.9. The maximum absolute atomic E-state index is 13.6. The smallest absolute Gasteiger partial charge is 0.315 e. The highest BCUT2D eigenvalue weighted by Crippen LogP contribution is 2.45. The molecule has 0 bridgehead atoms. The van der Waals surface area contributed by atoms with Crippen LogP contribution < -0.4 is 29.0 Å². The first-order valence-electron chi connectivity index (χ1n) is 14.4. The summed E-state index contributed by atoms with van der Waals surface area (Å²) in [5, 5.41) is 15.0. The minimum Gasteiger partial charge on any atom is -0.492 e. The van der Waals surface area contributed by atoms with E-state index in [1.807, 2.05) is 60.7 Å². The number of nitrogens with zero attached hydrogens (tertiary/aromatic N) is 1. The number of carbonyl (C=O) groups excluding carboxylic acids is 1. The molecular formula is C34H35ClN2O10. The van der Waals surface area contributed by atoms with Gasteiger partial charge in [-0.2, -0.15) is 0 Å². The van der Waals surface area contributed by atoms with Crippen LogP contribution in [0.25, 0.3) is 0 Å². The van der Waals surface area contributed by atoms with Crippen molar-refractivity contribution in [1.29, 1.82) is 0 Å². The number of benzene rings is 4. The van der Waals surface area contributed by atoms with Crippen LogP contribution in [0.1, 0.15) is 27.0 Å². The van der Waals surface area contributed by atoms with Gasteiger partial charge < -0.3 is 38.5 Å². The molecule has 0 aliphatic heterocycles. The van der Waals surface area contributed by atoms with E-state index in [-0.39, 0.29) is 84.6 Å². The molecule has 1 amide bonds. The molecule has 4 rings (SSSR count). The van der Waals surface area contributed by atoms with Crippen molar-refractivity contribution < 1.29 is 42.9 Å². The summed E-state index contributed by atoms with van der Waals surface area (Å²) < 4.78 is 38.7. The van der Waals surface area contributed by atoms with Gasteiger partial charge in [-0.1, -0.05) is 72.3 Å². The van der Waals surface area contributed by atoms with Crippen LogP contribution in [0.5, 0.6) is 28.7 Å². The predicted molar refractivity (Wildman–Crippen MR) is 174 cm³/mol. The molecule has 0 heterocycles. The summed E-state index contributed by atoms with van der Waals surface area (Å²) >= 11 is 6.58. The van der Waals surface area contributed by atoms with E-state index in [9.17, 15) is 14.9 Å². The maximum Gasteiger partial charge on any atom is 0.315 e. The van der Waals surface area contributed by atoms with E-state index in [0.29, 0.717) is 5.75 Å². The van der Waals surface area contributed by atoms with Crippen LogP contribution in [0.3, 0.4) is 0 Å². The maximum atomic E-state index is 13.6. The molecule has 13 heteroatoms. The molecule has 4 aromatic carbocycles. The Labute approximate surface area is 277 Å². The second-order valence-corrected chi connectivity index (χ2v) is 10.3. The number of nitro groups is 1. The van der Waals surface area contributed by atoms with Crippen LogP contribution in [-0.2, 0) is 29.1 Å². The lowest BCUT2D eigenvalue weighted by molar-refractivity contribution is -0.386. The molecule has 1 N–H and O–H groups in total. The lowest BCUT2D eigenvalue weighted by Crippen LogP contribution is -2.26. The zero-order chi connectivity index (χ0) is 33.6. The van der Waals surface area contributed by atoms with Gasteiger partial charge in [-0.05, 0) is 23.6 Å². The van der Waals surface area contributed by atoms with E-state index in [1.54, 1.807) is 6.07 Å². The number of nitro benzene ring substituents is 1. The number of ether oxygens (including phenoxy) is 7. The van der Waals surface area contributed by atoms with Gasteiger partial charge in [-0.3, -0.25) is 14.9 Å². The van der Waals surface area contributed by atoms with E-state index in [2.05, 4.69) is 5.32 Å². The molecule has 0 fully saturated rings. The Morgan fingerprint density at radius 1 is 0.766 bits per heavy atom. The average Bonchev–Trinajstić information content (AvgIpc) is 3.09. The Balaban J connectivity index is 1.60.